The molecule has 4 heterocycles. The molecule has 5 rings (SSSR count). The van der Waals surface area contributed by atoms with Crippen LogP contribution >= 0.6 is 0 Å². The summed E-state index contributed by atoms with van der Waals surface area (Å²) in [6, 6.07) is 16.2. The number of likely N-dealkylation sites (N-methyl/N-ethyl adjacent to an activating group) is 1. The van der Waals surface area contributed by atoms with Crippen molar-refractivity contribution >= 4 is 28.9 Å². The van der Waals surface area contributed by atoms with Crippen LogP contribution in [0.4, 0.5) is 17.3 Å². The molecule has 1 aliphatic rings. The Morgan fingerprint density at radius 2 is 1.97 bits per heavy atom. The number of anilines is 3. The van der Waals surface area contributed by atoms with Gasteiger partial charge in [-0.15, -0.1) is 0 Å². The van der Waals surface area contributed by atoms with Gasteiger partial charge in [-0.2, -0.15) is 5.10 Å². The molecule has 0 spiro atoms. The number of pyridine rings is 2. The number of carbonyl (C=O) groups is 1. The number of benzene rings is 1. The van der Waals surface area contributed by atoms with Gasteiger partial charge in [0.2, 0.25) is 0 Å². The van der Waals surface area contributed by atoms with E-state index in [9.17, 15) is 4.79 Å². The van der Waals surface area contributed by atoms with Crippen molar-refractivity contribution in [3.8, 4) is 11.1 Å². The number of nitrogens with one attached hydrogen (secondary N) is 2. The summed E-state index contributed by atoms with van der Waals surface area (Å²) in [6.07, 6.45) is 5.87. The van der Waals surface area contributed by atoms with E-state index in [1.54, 1.807) is 10.8 Å². The standard InChI is InChI=1S/C27H32N8O/c1-19-6-5-14-34(19)25-8-4-7-24(32-25)31-23-16-22(17-35-26(23)29-18-30-35)20-9-11-21(12-10-20)27(36)28-13-15-33(2)3/h4,7-12,16-19H,5-6,13-15H2,1-3H3,(H,28,36)(H,31,32)/t19-/m0/s1. The first kappa shape index (κ1) is 23.7. The molecule has 3 aromatic heterocycles. The Morgan fingerprint density at radius 3 is 2.72 bits per heavy atom. The summed E-state index contributed by atoms with van der Waals surface area (Å²) in [5, 5.41) is 10.8. The fourth-order valence-electron chi connectivity index (χ4n) is 4.55. The molecule has 1 aromatic carbocycles. The van der Waals surface area contributed by atoms with Gasteiger partial charge in [-0.3, -0.25) is 4.79 Å². The van der Waals surface area contributed by atoms with Crippen LogP contribution in [-0.4, -0.2) is 70.2 Å². The molecule has 0 radical (unpaired) electrons. The van der Waals surface area contributed by atoms with Crippen molar-refractivity contribution in [2.45, 2.75) is 25.8 Å². The summed E-state index contributed by atoms with van der Waals surface area (Å²) in [5.74, 6) is 1.67. The number of nitrogens with zero attached hydrogens (tertiary/aromatic N) is 6. The van der Waals surface area contributed by atoms with Crippen LogP contribution < -0.4 is 15.5 Å². The maximum atomic E-state index is 12.4. The Bertz CT molecular complexity index is 1350. The van der Waals surface area contributed by atoms with E-state index in [-0.39, 0.29) is 5.91 Å². The Morgan fingerprint density at radius 1 is 1.14 bits per heavy atom. The summed E-state index contributed by atoms with van der Waals surface area (Å²) < 4.78 is 1.76. The van der Waals surface area contributed by atoms with E-state index < -0.39 is 0 Å². The Hall–Kier alpha value is -3.98. The maximum Gasteiger partial charge on any atom is 0.251 e. The lowest BCUT2D eigenvalue weighted by molar-refractivity contribution is 0.0951. The number of amides is 1. The molecule has 1 aliphatic heterocycles. The number of rotatable bonds is 8. The molecule has 9 nitrogen and oxygen atoms in total. The van der Waals surface area contributed by atoms with Crippen LogP contribution in [0.3, 0.4) is 0 Å². The predicted octanol–water partition coefficient (Wildman–Crippen LogP) is 3.82. The summed E-state index contributed by atoms with van der Waals surface area (Å²) in [5.41, 5.74) is 4.11. The lowest BCUT2D eigenvalue weighted by Crippen LogP contribution is -2.31. The molecule has 9 heteroatoms. The summed E-state index contributed by atoms with van der Waals surface area (Å²) in [4.78, 5) is 26.1. The second-order valence-corrected chi connectivity index (χ2v) is 9.50. The van der Waals surface area contributed by atoms with Crippen LogP contribution in [0, 0.1) is 0 Å². The average molecular weight is 485 g/mol. The van der Waals surface area contributed by atoms with Crippen LogP contribution in [0.15, 0.2) is 61.1 Å². The molecule has 0 bridgehead atoms. The highest BCUT2D eigenvalue weighted by Crippen LogP contribution is 2.29. The summed E-state index contributed by atoms with van der Waals surface area (Å²) in [7, 11) is 3.97. The number of hydrogen-bond donors (Lipinski definition) is 2. The first-order valence-electron chi connectivity index (χ1n) is 12.4. The fourth-order valence-corrected chi connectivity index (χ4v) is 4.55. The van der Waals surface area contributed by atoms with E-state index in [1.807, 2.05) is 67.7 Å². The van der Waals surface area contributed by atoms with Gasteiger partial charge in [0.05, 0.1) is 5.69 Å². The van der Waals surface area contributed by atoms with E-state index in [1.165, 1.54) is 12.8 Å². The van der Waals surface area contributed by atoms with Crippen LogP contribution in [0.5, 0.6) is 0 Å². The van der Waals surface area contributed by atoms with E-state index in [4.69, 9.17) is 4.98 Å². The van der Waals surface area contributed by atoms with Crippen LogP contribution in [-0.2, 0) is 0 Å². The van der Waals surface area contributed by atoms with Crippen molar-refractivity contribution < 1.29 is 4.79 Å². The zero-order chi connectivity index (χ0) is 25.1. The first-order valence-corrected chi connectivity index (χ1v) is 12.4. The van der Waals surface area contributed by atoms with Crippen LogP contribution in [0.25, 0.3) is 16.8 Å². The molecule has 1 atom stereocenters. The third-order valence-corrected chi connectivity index (χ3v) is 6.54. The molecular formula is C27H32N8O. The minimum Gasteiger partial charge on any atom is -0.354 e. The molecule has 0 saturated carbocycles. The van der Waals surface area contributed by atoms with Gasteiger partial charge >= 0.3 is 0 Å². The first-order chi connectivity index (χ1) is 17.5. The van der Waals surface area contributed by atoms with Crippen molar-refractivity contribution in [2.75, 3.05) is 43.9 Å². The van der Waals surface area contributed by atoms with Gasteiger partial charge < -0.3 is 20.4 Å². The van der Waals surface area contributed by atoms with Crippen molar-refractivity contribution in [2.24, 2.45) is 0 Å². The van der Waals surface area contributed by atoms with E-state index in [2.05, 4.69) is 38.6 Å². The molecule has 4 aromatic rings. The lowest BCUT2D eigenvalue weighted by atomic mass is 10.0. The van der Waals surface area contributed by atoms with E-state index in [0.717, 1.165) is 47.2 Å². The summed E-state index contributed by atoms with van der Waals surface area (Å²) in [6.45, 7) is 4.69. The molecular weight excluding hydrogens is 452 g/mol. The van der Waals surface area contributed by atoms with Gasteiger partial charge in [0.1, 0.15) is 18.0 Å². The number of aromatic nitrogens is 4. The van der Waals surface area contributed by atoms with Crippen LogP contribution in [0.1, 0.15) is 30.1 Å². The van der Waals surface area contributed by atoms with Crippen molar-refractivity contribution in [1.29, 1.82) is 0 Å². The number of fused-ring (bicyclic) bond motifs is 1. The largest absolute Gasteiger partial charge is 0.354 e. The highest BCUT2D eigenvalue weighted by molar-refractivity contribution is 5.94. The zero-order valence-electron chi connectivity index (χ0n) is 21.0. The highest BCUT2D eigenvalue weighted by atomic mass is 16.1. The van der Waals surface area contributed by atoms with Gasteiger partial charge in [0, 0.05) is 43.0 Å². The van der Waals surface area contributed by atoms with Crippen molar-refractivity contribution in [1.82, 2.24) is 29.8 Å². The Balaban J connectivity index is 1.38. The van der Waals surface area contributed by atoms with Crippen LogP contribution in [0.2, 0.25) is 0 Å². The van der Waals surface area contributed by atoms with Crippen molar-refractivity contribution in [3.05, 3.63) is 66.6 Å². The molecule has 0 unspecified atom stereocenters. The molecule has 1 amide bonds. The maximum absolute atomic E-state index is 12.4. The molecule has 1 fully saturated rings. The lowest BCUT2D eigenvalue weighted by Gasteiger charge is -2.23. The van der Waals surface area contributed by atoms with Gasteiger partial charge in [0.25, 0.3) is 5.91 Å². The average Bonchev–Trinajstić information content (AvgIpc) is 3.53. The minimum atomic E-state index is -0.0734. The monoisotopic (exact) mass is 484 g/mol. The molecule has 1 saturated heterocycles. The number of hydrogen-bond acceptors (Lipinski definition) is 7. The van der Waals surface area contributed by atoms with Gasteiger partial charge in [-0.05, 0) is 69.8 Å². The molecule has 0 aliphatic carbocycles. The Kier molecular flexibility index (Phi) is 6.81. The molecule has 36 heavy (non-hydrogen) atoms. The Labute approximate surface area is 211 Å². The van der Waals surface area contributed by atoms with Gasteiger partial charge in [0.15, 0.2) is 5.65 Å². The zero-order valence-corrected chi connectivity index (χ0v) is 21.0. The third kappa shape index (κ3) is 5.16. The third-order valence-electron chi connectivity index (χ3n) is 6.54. The fraction of sp³-hybridized carbons (Fsp3) is 0.333. The SMILES string of the molecule is C[C@H]1CCCN1c1cccc(Nc2cc(-c3ccc(C(=O)NCCN(C)C)cc3)cn3ncnc23)n1. The van der Waals surface area contributed by atoms with E-state index in [0.29, 0.717) is 18.2 Å². The van der Waals surface area contributed by atoms with Crippen molar-refractivity contribution in [3.63, 3.8) is 0 Å². The number of carbonyl (C=O) groups excluding carboxylic acids is 1. The quantitative estimate of drug-likeness (QED) is 0.393. The minimum absolute atomic E-state index is 0.0734. The predicted molar refractivity (Wildman–Crippen MR) is 143 cm³/mol. The topological polar surface area (TPSA) is 90.7 Å². The second-order valence-electron chi connectivity index (χ2n) is 9.50. The van der Waals surface area contributed by atoms with Gasteiger partial charge in [-0.25, -0.2) is 14.5 Å². The van der Waals surface area contributed by atoms with E-state index >= 15 is 0 Å². The normalized spacial score (nSPS) is 15.6. The highest BCUT2D eigenvalue weighted by Gasteiger charge is 2.21. The molecule has 2 N–H and O–H groups in total. The summed E-state index contributed by atoms with van der Waals surface area (Å²) >= 11 is 0. The molecule has 186 valence electrons. The second kappa shape index (κ2) is 10.3. The van der Waals surface area contributed by atoms with Gasteiger partial charge in [-0.1, -0.05) is 18.2 Å². The smallest absolute Gasteiger partial charge is 0.251 e.